The lowest BCUT2D eigenvalue weighted by Crippen LogP contribution is -2.42. The lowest BCUT2D eigenvalue weighted by atomic mass is 9.81. The van der Waals surface area contributed by atoms with E-state index in [1.165, 1.54) is 22.5 Å². The van der Waals surface area contributed by atoms with E-state index in [1.807, 2.05) is 24.3 Å². The Morgan fingerprint density at radius 2 is 1.76 bits per heavy atom. The number of nitrogens with zero attached hydrogens (tertiary/aromatic N) is 2. The van der Waals surface area contributed by atoms with Gasteiger partial charge >= 0.3 is 0 Å². The second kappa shape index (κ2) is 5.37. The molecule has 5 nitrogen and oxygen atoms in total. The summed E-state index contributed by atoms with van der Waals surface area (Å²) in [6.45, 7) is 0.217. The van der Waals surface area contributed by atoms with Crippen LogP contribution in [0.1, 0.15) is 12.0 Å². The number of carbonyl (C=O) groups excluding carboxylic acids is 1. The summed E-state index contributed by atoms with van der Waals surface area (Å²) in [5, 5.41) is 0. The average molecular weight is 360 g/mol. The van der Waals surface area contributed by atoms with Gasteiger partial charge in [-0.05, 0) is 30.2 Å². The topological polar surface area (TPSA) is 57.7 Å². The molecule has 25 heavy (non-hydrogen) atoms. The lowest BCUT2D eigenvalue weighted by Gasteiger charge is -2.23. The van der Waals surface area contributed by atoms with E-state index >= 15 is 0 Å². The molecule has 0 unspecified atom stereocenters. The number of halogens is 1. The molecule has 0 aromatic heterocycles. The van der Waals surface area contributed by atoms with Crippen LogP contribution in [0.15, 0.2) is 53.4 Å². The highest BCUT2D eigenvalue weighted by Gasteiger charge is 2.55. The molecule has 2 aliphatic rings. The maximum Gasteiger partial charge on any atom is 0.246 e. The first kappa shape index (κ1) is 16.2. The second-order valence-electron chi connectivity index (χ2n) is 6.48. The molecule has 130 valence electrons. The van der Waals surface area contributed by atoms with Gasteiger partial charge in [-0.3, -0.25) is 4.79 Å². The second-order valence-corrected chi connectivity index (χ2v) is 8.39. The van der Waals surface area contributed by atoms with Crippen molar-refractivity contribution >= 4 is 21.6 Å². The van der Waals surface area contributed by atoms with Crippen LogP contribution in [0.4, 0.5) is 10.1 Å². The number of amides is 1. The minimum atomic E-state index is -3.99. The maximum atomic E-state index is 14.0. The van der Waals surface area contributed by atoms with E-state index in [-0.39, 0.29) is 23.9 Å². The van der Waals surface area contributed by atoms with Gasteiger partial charge in [-0.2, -0.15) is 4.31 Å². The Labute approximate surface area is 145 Å². The van der Waals surface area contributed by atoms with Gasteiger partial charge in [-0.1, -0.05) is 30.3 Å². The number of carbonyl (C=O) groups is 1. The van der Waals surface area contributed by atoms with Crippen LogP contribution >= 0.6 is 0 Å². The highest BCUT2D eigenvalue weighted by molar-refractivity contribution is 7.89. The third-order valence-corrected chi connectivity index (χ3v) is 7.06. The summed E-state index contributed by atoms with van der Waals surface area (Å²) in [4.78, 5) is 14.1. The predicted octanol–water partition coefficient (Wildman–Crippen LogP) is 2.13. The van der Waals surface area contributed by atoms with E-state index < -0.39 is 21.3 Å². The van der Waals surface area contributed by atoms with Crippen molar-refractivity contribution in [3.8, 4) is 0 Å². The molecule has 2 aromatic rings. The van der Waals surface area contributed by atoms with Crippen molar-refractivity contribution in [3.63, 3.8) is 0 Å². The number of hydrogen-bond donors (Lipinski definition) is 0. The zero-order chi connectivity index (χ0) is 17.8. The summed E-state index contributed by atoms with van der Waals surface area (Å²) in [5.41, 5.74) is 0.760. The predicted molar refractivity (Wildman–Crippen MR) is 91.3 cm³/mol. The quantitative estimate of drug-likeness (QED) is 0.824. The van der Waals surface area contributed by atoms with Gasteiger partial charge in [0.2, 0.25) is 15.9 Å². The zero-order valence-corrected chi connectivity index (χ0v) is 14.5. The Hall–Kier alpha value is -2.25. The number of para-hydroxylation sites is 1. The normalized spacial score (nSPS) is 23.4. The molecule has 1 amide bonds. The molecule has 1 spiro atoms. The highest BCUT2D eigenvalue weighted by atomic mass is 32.2. The Morgan fingerprint density at radius 1 is 1.08 bits per heavy atom. The fourth-order valence-corrected chi connectivity index (χ4v) is 5.45. The van der Waals surface area contributed by atoms with Crippen LogP contribution in [0.3, 0.4) is 0 Å². The first-order chi connectivity index (χ1) is 11.9. The van der Waals surface area contributed by atoms with Crippen molar-refractivity contribution in [1.82, 2.24) is 4.31 Å². The van der Waals surface area contributed by atoms with Crippen LogP contribution < -0.4 is 4.90 Å². The molecule has 0 aliphatic carbocycles. The smallest absolute Gasteiger partial charge is 0.246 e. The van der Waals surface area contributed by atoms with E-state index in [9.17, 15) is 17.6 Å². The number of sulfonamides is 1. The van der Waals surface area contributed by atoms with Crippen LogP contribution in [0, 0.1) is 5.82 Å². The molecule has 7 heteroatoms. The third kappa shape index (κ3) is 2.15. The van der Waals surface area contributed by atoms with Crippen molar-refractivity contribution in [3.05, 3.63) is 59.9 Å². The number of anilines is 1. The van der Waals surface area contributed by atoms with Crippen LogP contribution in [0.25, 0.3) is 0 Å². The van der Waals surface area contributed by atoms with Gasteiger partial charge in [0.25, 0.3) is 0 Å². The number of benzene rings is 2. The SMILES string of the molecule is CN1C(=O)[C@]2(CCN(S(=O)(=O)c3ccccc3F)C2)c2ccccc21. The Bertz CT molecular complexity index is 976. The Morgan fingerprint density at radius 3 is 2.52 bits per heavy atom. The molecule has 0 saturated carbocycles. The van der Waals surface area contributed by atoms with Crippen LogP contribution in [0.5, 0.6) is 0 Å². The molecule has 4 rings (SSSR count). The summed E-state index contributed by atoms with van der Waals surface area (Å²) < 4.78 is 40.9. The monoisotopic (exact) mass is 360 g/mol. The van der Waals surface area contributed by atoms with Gasteiger partial charge in [-0.15, -0.1) is 0 Å². The molecule has 2 aromatic carbocycles. The Kier molecular flexibility index (Phi) is 3.49. The molecule has 2 heterocycles. The number of likely N-dealkylation sites (N-methyl/N-ethyl adjacent to an activating group) is 1. The van der Waals surface area contributed by atoms with E-state index in [1.54, 1.807) is 11.9 Å². The first-order valence-corrected chi connectivity index (χ1v) is 9.44. The highest BCUT2D eigenvalue weighted by Crippen LogP contribution is 2.47. The van der Waals surface area contributed by atoms with E-state index in [2.05, 4.69) is 0 Å². The van der Waals surface area contributed by atoms with E-state index in [0.29, 0.717) is 6.42 Å². The van der Waals surface area contributed by atoms with Crippen molar-refractivity contribution in [2.45, 2.75) is 16.7 Å². The molecule has 0 bridgehead atoms. The molecule has 0 N–H and O–H groups in total. The zero-order valence-electron chi connectivity index (χ0n) is 13.6. The summed E-state index contributed by atoms with van der Waals surface area (Å²) in [5.74, 6) is -0.890. The van der Waals surface area contributed by atoms with Gasteiger partial charge < -0.3 is 4.90 Å². The third-order valence-electron chi connectivity index (χ3n) is 5.18. The van der Waals surface area contributed by atoms with Crippen molar-refractivity contribution in [2.24, 2.45) is 0 Å². The summed E-state index contributed by atoms with van der Waals surface area (Å²) in [6.07, 6.45) is 0.390. The largest absolute Gasteiger partial charge is 0.314 e. The number of hydrogen-bond acceptors (Lipinski definition) is 3. The molecular formula is C18H17FN2O3S. The van der Waals surface area contributed by atoms with Crippen LogP contribution in [-0.4, -0.2) is 38.8 Å². The summed E-state index contributed by atoms with van der Waals surface area (Å²) >= 11 is 0. The molecule has 2 aliphatic heterocycles. The van der Waals surface area contributed by atoms with Gasteiger partial charge in [0.1, 0.15) is 10.7 Å². The molecule has 0 radical (unpaired) electrons. The molecular weight excluding hydrogens is 343 g/mol. The molecule has 1 fully saturated rings. The number of fused-ring (bicyclic) bond motifs is 2. The fraction of sp³-hybridized carbons (Fsp3) is 0.278. The van der Waals surface area contributed by atoms with Gasteiger partial charge in [-0.25, -0.2) is 12.8 Å². The van der Waals surface area contributed by atoms with Gasteiger partial charge in [0.05, 0.1) is 5.41 Å². The number of rotatable bonds is 2. The van der Waals surface area contributed by atoms with Crippen molar-refractivity contribution in [1.29, 1.82) is 0 Å². The van der Waals surface area contributed by atoms with Crippen LogP contribution in [0.2, 0.25) is 0 Å². The minimum Gasteiger partial charge on any atom is -0.314 e. The summed E-state index contributed by atoms with van der Waals surface area (Å²) in [7, 11) is -2.29. The van der Waals surface area contributed by atoms with Gasteiger partial charge in [0, 0.05) is 25.8 Å². The first-order valence-electron chi connectivity index (χ1n) is 8.00. The van der Waals surface area contributed by atoms with E-state index in [0.717, 1.165) is 17.3 Å². The van der Waals surface area contributed by atoms with Crippen molar-refractivity contribution in [2.75, 3.05) is 25.0 Å². The van der Waals surface area contributed by atoms with Gasteiger partial charge in [0.15, 0.2) is 0 Å². The standard InChI is InChI=1S/C18H17FN2O3S/c1-20-15-8-4-2-6-13(15)18(17(20)22)10-11-21(12-18)25(23,24)16-9-5-3-7-14(16)19/h2-9H,10-12H2,1H3/t18-/m0/s1. The minimum absolute atomic E-state index is 0.0316. The van der Waals surface area contributed by atoms with Crippen LogP contribution in [-0.2, 0) is 20.2 Å². The lowest BCUT2D eigenvalue weighted by molar-refractivity contribution is -0.122. The molecule has 1 atom stereocenters. The average Bonchev–Trinajstić information content (AvgIpc) is 3.15. The maximum absolute atomic E-state index is 14.0. The fourth-order valence-electron chi connectivity index (χ4n) is 3.88. The summed E-state index contributed by atoms with van der Waals surface area (Å²) in [6, 6.07) is 12.8. The van der Waals surface area contributed by atoms with E-state index in [4.69, 9.17) is 0 Å². The Balaban J connectivity index is 1.75. The van der Waals surface area contributed by atoms with Crippen molar-refractivity contribution < 1.29 is 17.6 Å². The molecule has 1 saturated heterocycles.